The number of nitrogens with zero attached hydrogens (tertiary/aromatic N) is 2. The van der Waals surface area contributed by atoms with Crippen molar-refractivity contribution in [1.82, 2.24) is 20.5 Å². The fourth-order valence-corrected chi connectivity index (χ4v) is 3.15. The van der Waals surface area contributed by atoms with Crippen LogP contribution < -0.4 is 5.32 Å². The number of H-pyrrole nitrogens is 1. The first-order chi connectivity index (χ1) is 9.00. The van der Waals surface area contributed by atoms with E-state index in [-0.39, 0.29) is 11.8 Å². The van der Waals surface area contributed by atoms with Crippen LogP contribution >= 0.6 is 27.3 Å². The normalized spacial score (nSPS) is 11.0. The number of aryl methyl sites for hydroxylation is 1. The van der Waals surface area contributed by atoms with E-state index in [1.54, 1.807) is 5.51 Å². The van der Waals surface area contributed by atoms with Gasteiger partial charge in [-0.05, 0) is 28.8 Å². The Kier molecular flexibility index (Phi) is 4.36. The van der Waals surface area contributed by atoms with Gasteiger partial charge in [0, 0.05) is 4.88 Å². The molecule has 5 nitrogen and oxygen atoms in total. The minimum absolute atomic E-state index is 0.192. The summed E-state index contributed by atoms with van der Waals surface area (Å²) in [6, 6.07) is 0. The first-order valence-electron chi connectivity index (χ1n) is 5.91. The smallest absolute Gasteiger partial charge is 0.273 e. The quantitative estimate of drug-likeness (QED) is 0.897. The number of halogens is 1. The van der Waals surface area contributed by atoms with E-state index in [1.807, 2.05) is 20.8 Å². The summed E-state index contributed by atoms with van der Waals surface area (Å²) >= 11 is 4.96. The number of hydrogen-bond acceptors (Lipinski definition) is 4. The standard InChI is InChI=1S/C12H15BrN4OS/c1-6(2)10-9(13)11(17-16-10)12(18)14-4-8-7(3)15-5-19-8/h5-6H,4H2,1-3H3,(H,14,18)(H,16,17). The van der Waals surface area contributed by atoms with Gasteiger partial charge in [0.05, 0.1) is 27.9 Å². The Morgan fingerprint density at radius 3 is 2.84 bits per heavy atom. The minimum Gasteiger partial charge on any atom is -0.346 e. The van der Waals surface area contributed by atoms with E-state index in [1.165, 1.54) is 11.3 Å². The summed E-state index contributed by atoms with van der Waals surface area (Å²) in [6.07, 6.45) is 0. The van der Waals surface area contributed by atoms with Gasteiger partial charge in [-0.15, -0.1) is 11.3 Å². The number of carbonyl (C=O) groups excluding carboxylic acids is 1. The molecule has 0 aromatic carbocycles. The van der Waals surface area contributed by atoms with Gasteiger partial charge in [-0.2, -0.15) is 5.10 Å². The third-order valence-electron chi connectivity index (χ3n) is 2.78. The predicted octanol–water partition coefficient (Wildman–Crippen LogP) is 2.99. The van der Waals surface area contributed by atoms with E-state index in [0.717, 1.165) is 20.7 Å². The second kappa shape index (κ2) is 5.83. The Morgan fingerprint density at radius 2 is 2.32 bits per heavy atom. The Balaban J connectivity index is 2.06. The molecule has 2 aromatic rings. The molecule has 19 heavy (non-hydrogen) atoms. The molecule has 102 valence electrons. The highest BCUT2D eigenvalue weighted by molar-refractivity contribution is 9.10. The molecule has 0 bridgehead atoms. The molecule has 2 aromatic heterocycles. The molecule has 2 rings (SSSR count). The van der Waals surface area contributed by atoms with E-state index in [9.17, 15) is 4.79 Å². The summed E-state index contributed by atoms with van der Waals surface area (Å²) in [5.74, 6) is 0.0926. The molecule has 0 saturated carbocycles. The molecule has 0 aliphatic carbocycles. The lowest BCUT2D eigenvalue weighted by atomic mass is 10.1. The monoisotopic (exact) mass is 342 g/mol. The van der Waals surface area contributed by atoms with E-state index in [2.05, 4.69) is 36.4 Å². The Labute approximate surface area is 124 Å². The number of hydrogen-bond donors (Lipinski definition) is 2. The van der Waals surface area contributed by atoms with Gasteiger partial charge < -0.3 is 5.32 Å². The Morgan fingerprint density at radius 1 is 1.58 bits per heavy atom. The number of carbonyl (C=O) groups is 1. The van der Waals surface area contributed by atoms with Gasteiger partial charge >= 0.3 is 0 Å². The molecular weight excluding hydrogens is 328 g/mol. The fourth-order valence-electron chi connectivity index (χ4n) is 1.62. The van der Waals surface area contributed by atoms with E-state index >= 15 is 0 Å². The zero-order valence-electron chi connectivity index (χ0n) is 11.0. The van der Waals surface area contributed by atoms with Crippen LogP contribution in [-0.4, -0.2) is 21.1 Å². The summed E-state index contributed by atoms with van der Waals surface area (Å²) in [6.45, 7) is 6.49. The average Bonchev–Trinajstić information content (AvgIpc) is 2.92. The van der Waals surface area contributed by atoms with Crippen LogP contribution in [0, 0.1) is 6.92 Å². The number of aromatic amines is 1. The largest absolute Gasteiger partial charge is 0.346 e. The Bertz CT molecular complexity index is 590. The molecule has 0 radical (unpaired) electrons. The topological polar surface area (TPSA) is 70.7 Å². The average molecular weight is 343 g/mol. The lowest BCUT2D eigenvalue weighted by Gasteiger charge is -2.03. The van der Waals surface area contributed by atoms with Crippen LogP contribution in [0.5, 0.6) is 0 Å². The van der Waals surface area contributed by atoms with Gasteiger partial charge in [0.25, 0.3) is 5.91 Å². The van der Waals surface area contributed by atoms with Crippen molar-refractivity contribution in [3.05, 3.63) is 31.9 Å². The Hall–Kier alpha value is -1.21. The maximum absolute atomic E-state index is 12.1. The molecule has 0 aliphatic heterocycles. The number of aromatic nitrogens is 3. The van der Waals surface area contributed by atoms with E-state index in [4.69, 9.17) is 0 Å². The molecule has 2 N–H and O–H groups in total. The number of amides is 1. The third-order valence-corrected chi connectivity index (χ3v) is 4.52. The lowest BCUT2D eigenvalue weighted by Crippen LogP contribution is -2.23. The highest BCUT2D eigenvalue weighted by atomic mass is 79.9. The van der Waals surface area contributed by atoms with Crippen molar-refractivity contribution >= 4 is 33.2 Å². The van der Waals surface area contributed by atoms with Crippen molar-refractivity contribution in [1.29, 1.82) is 0 Å². The molecule has 0 atom stereocenters. The lowest BCUT2D eigenvalue weighted by molar-refractivity contribution is 0.0945. The van der Waals surface area contributed by atoms with Crippen LogP contribution in [0.25, 0.3) is 0 Å². The maximum Gasteiger partial charge on any atom is 0.273 e. The highest BCUT2D eigenvalue weighted by Crippen LogP contribution is 2.25. The van der Waals surface area contributed by atoms with E-state index < -0.39 is 0 Å². The molecule has 0 unspecified atom stereocenters. The first-order valence-corrected chi connectivity index (χ1v) is 7.59. The van der Waals surface area contributed by atoms with Crippen molar-refractivity contribution in [2.45, 2.75) is 33.2 Å². The van der Waals surface area contributed by atoms with Crippen molar-refractivity contribution in [3.8, 4) is 0 Å². The molecule has 0 fully saturated rings. The van der Waals surface area contributed by atoms with Crippen LogP contribution in [0.2, 0.25) is 0 Å². The summed E-state index contributed by atoms with van der Waals surface area (Å²) < 4.78 is 0.737. The summed E-state index contributed by atoms with van der Waals surface area (Å²) in [4.78, 5) is 17.3. The SMILES string of the molecule is Cc1ncsc1CNC(=O)c1n[nH]c(C(C)C)c1Br. The molecule has 0 spiro atoms. The summed E-state index contributed by atoms with van der Waals surface area (Å²) in [7, 11) is 0. The fraction of sp³-hybridized carbons (Fsp3) is 0.417. The van der Waals surface area contributed by atoms with Gasteiger partial charge in [-0.25, -0.2) is 4.98 Å². The number of thiazole rings is 1. The molecular formula is C12H15BrN4OS. The van der Waals surface area contributed by atoms with Crippen LogP contribution in [0.4, 0.5) is 0 Å². The van der Waals surface area contributed by atoms with Crippen molar-refractivity contribution in [2.24, 2.45) is 0 Å². The second-order valence-electron chi connectivity index (χ2n) is 4.50. The maximum atomic E-state index is 12.1. The second-order valence-corrected chi connectivity index (χ2v) is 6.23. The number of nitrogens with one attached hydrogen (secondary N) is 2. The summed E-state index contributed by atoms with van der Waals surface area (Å²) in [5, 5.41) is 9.81. The van der Waals surface area contributed by atoms with Gasteiger partial charge in [-0.3, -0.25) is 9.89 Å². The minimum atomic E-state index is -0.192. The van der Waals surface area contributed by atoms with Gasteiger partial charge in [0.2, 0.25) is 0 Å². The predicted molar refractivity (Wildman–Crippen MR) is 78.4 cm³/mol. The van der Waals surface area contributed by atoms with Crippen molar-refractivity contribution < 1.29 is 4.79 Å². The third kappa shape index (κ3) is 3.03. The molecule has 0 aliphatic rings. The molecule has 7 heteroatoms. The molecule has 1 amide bonds. The van der Waals surface area contributed by atoms with Crippen LogP contribution in [0.1, 0.15) is 46.5 Å². The van der Waals surface area contributed by atoms with Gasteiger partial charge in [-0.1, -0.05) is 13.8 Å². The van der Waals surface area contributed by atoms with Crippen molar-refractivity contribution in [3.63, 3.8) is 0 Å². The van der Waals surface area contributed by atoms with Crippen LogP contribution in [0.15, 0.2) is 9.98 Å². The van der Waals surface area contributed by atoms with Crippen molar-refractivity contribution in [2.75, 3.05) is 0 Å². The summed E-state index contributed by atoms with van der Waals surface area (Å²) in [5.41, 5.74) is 4.05. The van der Waals surface area contributed by atoms with Crippen LogP contribution in [-0.2, 0) is 6.54 Å². The zero-order chi connectivity index (χ0) is 14.0. The highest BCUT2D eigenvalue weighted by Gasteiger charge is 2.19. The molecule has 2 heterocycles. The van der Waals surface area contributed by atoms with Gasteiger partial charge in [0.1, 0.15) is 0 Å². The zero-order valence-corrected chi connectivity index (χ0v) is 13.4. The number of rotatable bonds is 4. The van der Waals surface area contributed by atoms with Gasteiger partial charge in [0.15, 0.2) is 5.69 Å². The van der Waals surface area contributed by atoms with E-state index in [0.29, 0.717) is 12.2 Å². The first kappa shape index (κ1) is 14.2. The molecule has 0 saturated heterocycles. The van der Waals surface area contributed by atoms with Crippen LogP contribution in [0.3, 0.4) is 0 Å².